The first-order chi connectivity index (χ1) is 11.0. The van der Waals surface area contributed by atoms with Crippen LogP contribution in [0.2, 0.25) is 0 Å². The number of amides is 1. The summed E-state index contributed by atoms with van der Waals surface area (Å²) in [6.07, 6.45) is 0. The number of nitrogens with two attached hydrogens (primary N) is 1. The fourth-order valence-electron chi connectivity index (χ4n) is 2.22. The van der Waals surface area contributed by atoms with Gasteiger partial charge in [-0.1, -0.05) is 37.3 Å². The zero-order valence-corrected chi connectivity index (χ0v) is 13.9. The summed E-state index contributed by atoms with van der Waals surface area (Å²) in [6, 6.07) is 18.0. The second-order valence-electron chi connectivity index (χ2n) is 5.99. The third-order valence-electron chi connectivity index (χ3n) is 4.04. The molecule has 0 spiro atoms. The average molecular weight is 311 g/mol. The summed E-state index contributed by atoms with van der Waals surface area (Å²) in [4.78, 5) is 12.0. The first kappa shape index (κ1) is 17.0. The highest BCUT2D eigenvalue weighted by Crippen LogP contribution is 2.21. The first-order valence-electron chi connectivity index (χ1n) is 7.95. The first-order valence-corrected chi connectivity index (χ1v) is 7.95. The van der Waals surface area contributed by atoms with E-state index < -0.39 is 0 Å². The molecule has 4 heteroatoms. The third kappa shape index (κ3) is 4.83. The quantitative estimate of drug-likeness (QED) is 0.760. The molecule has 2 aromatic rings. The molecule has 23 heavy (non-hydrogen) atoms. The Morgan fingerprint density at radius 2 is 1.48 bits per heavy atom. The van der Waals surface area contributed by atoms with Gasteiger partial charge in [-0.05, 0) is 43.7 Å². The smallest absolute Gasteiger partial charge is 0.228 e. The Labute approximate surface area is 138 Å². The second-order valence-corrected chi connectivity index (χ2v) is 5.99. The van der Waals surface area contributed by atoms with Crippen LogP contribution in [0, 0.1) is 5.92 Å². The molecule has 3 atom stereocenters. The van der Waals surface area contributed by atoms with Crippen LogP contribution in [0.3, 0.4) is 0 Å². The lowest BCUT2D eigenvalue weighted by molar-refractivity contribution is -0.119. The van der Waals surface area contributed by atoms with Crippen molar-refractivity contribution in [2.24, 2.45) is 11.7 Å². The van der Waals surface area contributed by atoms with E-state index >= 15 is 0 Å². The van der Waals surface area contributed by atoms with Gasteiger partial charge < -0.3 is 16.4 Å². The zero-order chi connectivity index (χ0) is 16.8. The maximum Gasteiger partial charge on any atom is 0.228 e. The highest BCUT2D eigenvalue weighted by molar-refractivity contribution is 5.92. The van der Waals surface area contributed by atoms with Gasteiger partial charge in [-0.2, -0.15) is 0 Å². The predicted molar refractivity (Wildman–Crippen MR) is 96.4 cm³/mol. The van der Waals surface area contributed by atoms with E-state index in [2.05, 4.69) is 29.7 Å². The van der Waals surface area contributed by atoms with Crippen LogP contribution >= 0.6 is 0 Å². The highest BCUT2D eigenvalue weighted by Gasteiger charge is 2.16. The van der Waals surface area contributed by atoms with Crippen LogP contribution in [0.15, 0.2) is 54.6 Å². The van der Waals surface area contributed by atoms with Gasteiger partial charge in [0.15, 0.2) is 0 Å². The summed E-state index contributed by atoms with van der Waals surface area (Å²) in [6.45, 7) is 5.79. The van der Waals surface area contributed by atoms with E-state index in [1.807, 2.05) is 56.3 Å². The van der Waals surface area contributed by atoms with Crippen LogP contribution in [-0.2, 0) is 4.79 Å². The molecule has 0 fully saturated rings. The lowest BCUT2D eigenvalue weighted by Crippen LogP contribution is -2.34. The molecule has 2 aromatic carbocycles. The van der Waals surface area contributed by atoms with Gasteiger partial charge in [0.1, 0.15) is 0 Å². The van der Waals surface area contributed by atoms with Crippen LogP contribution in [-0.4, -0.2) is 11.9 Å². The van der Waals surface area contributed by atoms with Crippen molar-refractivity contribution in [1.29, 1.82) is 0 Å². The fraction of sp³-hybridized carbons (Fsp3) is 0.316. The highest BCUT2D eigenvalue weighted by atomic mass is 16.1. The SMILES string of the molecule is CC(Nc1ccc(NC(=O)C(C)C(C)N)cc1)c1ccccc1. The Balaban J connectivity index is 1.96. The molecule has 4 N–H and O–H groups in total. The van der Waals surface area contributed by atoms with Crippen LogP contribution in [0.1, 0.15) is 32.4 Å². The number of hydrogen-bond donors (Lipinski definition) is 3. The number of nitrogens with one attached hydrogen (secondary N) is 2. The van der Waals surface area contributed by atoms with Crippen molar-refractivity contribution in [2.75, 3.05) is 10.6 Å². The molecule has 0 saturated heterocycles. The van der Waals surface area contributed by atoms with E-state index in [0.29, 0.717) is 0 Å². The minimum absolute atomic E-state index is 0.0571. The molecule has 2 rings (SSSR count). The summed E-state index contributed by atoms with van der Waals surface area (Å²) in [5.41, 5.74) is 8.78. The molecular formula is C19H25N3O. The Kier molecular flexibility index (Phi) is 5.77. The summed E-state index contributed by atoms with van der Waals surface area (Å²) < 4.78 is 0. The summed E-state index contributed by atoms with van der Waals surface area (Å²) in [7, 11) is 0. The Morgan fingerprint density at radius 3 is 2.04 bits per heavy atom. The molecule has 0 aromatic heterocycles. The number of rotatable bonds is 6. The molecule has 1 amide bonds. The lowest BCUT2D eigenvalue weighted by Gasteiger charge is -2.17. The number of anilines is 2. The normalized spacial score (nSPS) is 14.6. The van der Waals surface area contributed by atoms with Gasteiger partial charge in [-0.25, -0.2) is 0 Å². The molecule has 0 saturated carbocycles. The summed E-state index contributed by atoms with van der Waals surface area (Å²) in [5.74, 6) is -0.274. The number of hydrogen-bond acceptors (Lipinski definition) is 3. The molecule has 0 heterocycles. The van der Waals surface area contributed by atoms with Gasteiger partial charge in [0.2, 0.25) is 5.91 Å². The van der Waals surface area contributed by atoms with E-state index in [1.165, 1.54) is 5.56 Å². The maximum atomic E-state index is 12.0. The van der Waals surface area contributed by atoms with Crippen molar-refractivity contribution in [2.45, 2.75) is 32.9 Å². The van der Waals surface area contributed by atoms with E-state index in [4.69, 9.17) is 5.73 Å². The second kappa shape index (κ2) is 7.79. The minimum Gasteiger partial charge on any atom is -0.379 e. The number of carbonyl (C=O) groups excluding carboxylic acids is 1. The van der Waals surface area contributed by atoms with Crippen LogP contribution in [0.5, 0.6) is 0 Å². The van der Waals surface area contributed by atoms with E-state index in [0.717, 1.165) is 11.4 Å². The van der Waals surface area contributed by atoms with Gasteiger partial charge in [-0.15, -0.1) is 0 Å². The summed E-state index contributed by atoms with van der Waals surface area (Å²) in [5, 5.41) is 6.34. The molecule has 122 valence electrons. The van der Waals surface area contributed by atoms with Crippen molar-refractivity contribution in [1.82, 2.24) is 0 Å². The van der Waals surface area contributed by atoms with Crippen molar-refractivity contribution in [3.05, 3.63) is 60.2 Å². The monoisotopic (exact) mass is 311 g/mol. The molecule has 4 nitrogen and oxygen atoms in total. The van der Waals surface area contributed by atoms with Gasteiger partial charge in [0.25, 0.3) is 0 Å². The minimum atomic E-state index is -0.217. The Morgan fingerprint density at radius 1 is 0.913 bits per heavy atom. The van der Waals surface area contributed by atoms with Crippen molar-refractivity contribution < 1.29 is 4.79 Å². The van der Waals surface area contributed by atoms with E-state index in [-0.39, 0.29) is 23.9 Å². The molecular weight excluding hydrogens is 286 g/mol. The maximum absolute atomic E-state index is 12.0. The number of benzene rings is 2. The molecule has 0 radical (unpaired) electrons. The molecule has 0 aliphatic carbocycles. The van der Waals surface area contributed by atoms with Gasteiger partial charge in [0.05, 0.1) is 5.92 Å². The van der Waals surface area contributed by atoms with Gasteiger partial charge in [-0.3, -0.25) is 4.79 Å². The van der Waals surface area contributed by atoms with Crippen LogP contribution in [0.4, 0.5) is 11.4 Å². The van der Waals surface area contributed by atoms with Gasteiger partial charge in [0, 0.05) is 23.5 Å². The van der Waals surface area contributed by atoms with E-state index in [1.54, 1.807) is 0 Å². The standard InChI is InChI=1S/C19H25N3O/c1-13(14(2)20)19(23)22-18-11-9-17(10-12-18)21-15(3)16-7-5-4-6-8-16/h4-15,21H,20H2,1-3H3,(H,22,23). The van der Waals surface area contributed by atoms with Crippen molar-refractivity contribution >= 4 is 17.3 Å². The Hall–Kier alpha value is -2.33. The van der Waals surface area contributed by atoms with Gasteiger partial charge >= 0.3 is 0 Å². The van der Waals surface area contributed by atoms with Crippen LogP contribution in [0.25, 0.3) is 0 Å². The van der Waals surface area contributed by atoms with Crippen molar-refractivity contribution in [3.63, 3.8) is 0 Å². The topological polar surface area (TPSA) is 67.1 Å². The fourth-order valence-corrected chi connectivity index (χ4v) is 2.22. The summed E-state index contributed by atoms with van der Waals surface area (Å²) >= 11 is 0. The largest absolute Gasteiger partial charge is 0.379 e. The van der Waals surface area contributed by atoms with E-state index in [9.17, 15) is 4.79 Å². The molecule has 0 aliphatic heterocycles. The van der Waals surface area contributed by atoms with Crippen molar-refractivity contribution in [3.8, 4) is 0 Å². The molecule has 3 unspecified atom stereocenters. The lowest BCUT2D eigenvalue weighted by atomic mass is 10.0. The molecule has 0 bridgehead atoms. The van der Waals surface area contributed by atoms with Crippen LogP contribution < -0.4 is 16.4 Å². The predicted octanol–water partition coefficient (Wildman–Crippen LogP) is 3.78. The third-order valence-corrected chi connectivity index (χ3v) is 4.04. The molecule has 0 aliphatic rings. The zero-order valence-electron chi connectivity index (χ0n) is 13.9. The Bertz CT molecular complexity index is 623. The average Bonchev–Trinajstić information content (AvgIpc) is 2.56. The number of carbonyl (C=O) groups is 1.